The Morgan fingerprint density at radius 2 is 0.946 bits per heavy atom. The predicted octanol–water partition coefficient (Wildman–Crippen LogP) is -16.2. The first-order valence-electron chi connectivity index (χ1n) is 46.2. The van der Waals surface area contributed by atoms with Crippen LogP contribution in [0.3, 0.4) is 0 Å². The van der Waals surface area contributed by atoms with E-state index >= 15 is 43.2 Å². The summed E-state index contributed by atoms with van der Waals surface area (Å²) in [6, 6.07) is -28.2. The maximum atomic E-state index is 15.9. The van der Waals surface area contributed by atoms with E-state index in [1.54, 1.807) is 24.3 Å². The number of aliphatic carboxylic acids is 1. The van der Waals surface area contributed by atoms with Gasteiger partial charge >= 0.3 is 611 Å². The van der Waals surface area contributed by atoms with Crippen molar-refractivity contribution >= 4 is 234 Å². The van der Waals surface area contributed by atoms with Crippen LogP contribution < -0.4 is 151 Å². The van der Waals surface area contributed by atoms with E-state index in [0.717, 1.165) is 6.92 Å². The van der Waals surface area contributed by atoms with Gasteiger partial charge in [-0.15, -0.1) is 0 Å². The monoisotopic (exact) mass is 2310 g/mol. The average Bonchev–Trinajstić information content (AvgIpc) is 1.69. The number of unbranched alkanes of at least 4 members (excludes halogenated alkanes) is 1. The standard InChI is InChI=1S/C83H123N33O27S4Se2/c1-36-65(127)102-42(11-6-16-93-82(88)89)69(131)113-55-32-147-146-31-54-78(140)107-47(20-58(85)119)66(128)97-25-61(122)96-26-62(123)101-53(30-145-144-29-52(64(87)126)112-79(55)141)77(139)111-51(28-118)76(138)110-50(27-117)75(137)103-41(10-4-5-15-84)67(129)105-45(18-37-23-95-40-9-3-2-8-39(37)40)72(134)115-56(33-148-149-34-57(81(143)114-54)116-73(135)48(21-59(86)120)108-70(132)44-13-14-60(121)100-44)80(142)104-43(12-7-17-94-83(90)91)68(130)109-49(22-63(124)125)74(136)106-46(71(133)99-36)19-38-24-92-35-98-38/h2-3,8-9,23-24,35-36,41-57,95,117-118H,4-7,10-22,25-34,84H2,1H3,(H2,85,119)(H2,86,120)(H2,87,126)(H,92,98)(H,96,122)(H,97,128)(H,99,133)(H,100,121)(H,101,123)(H,102,127)(H,103,137)(H,104,142)(H,105,129)(H,106,136)(H,107,140)(H,108,132)(H,109,130)(H,110,138)(H,111,139)(H,112,141)(H,113,131)(H,114,143)(H,115,134)(H,116,135)(H,124,125)(H4,88,89,93)(H4,90,91,94)/t36-,41-,42-,43-,44-,45-,46-,47-,48-,49-,50-,51-,52-,53-,54-,55-,56-,57-/m0/s1/i31+1,32+1,54+1,55+1,78+1,79+1,113+1,114+1. The molecule has 6 heterocycles. The summed E-state index contributed by atoms with van der Waals surface area (Å²) in [5, 5.41) is 99.7. The van der Waals surface area contributed by atoms with Crippen molar-refractivity contribution in [3.63, 3.8) is 0 Å². The summed E-state index contributed by atoms with van der Waals surface area (Å²) in [6.45, 7) is -4.04. The summed E-state index contributed by atoms with van der Waals surface area (Å²) in [7, 11) is 2.54. The number of guanidine groups is 2. The minimum atomic E-state index is -2.23. The fraction of sp³-hybridized carbons (Fsp3) is 0.554. The van der Waals surface area contributed by atoms with Gasteiger partial charge in [0, 0.05) is 24.2 Å². The number of imidazole rings is 1. The summed E-state index contributed by atoms with van der Waals surface area (Å²) in [5.41, 5.74) is 35.2. The number of carbonyl (C=O) groups is 24. The third-order valence-corrected chi connectivity index (χ3v) is 34.3. The Morgan fingerprint density at radius 1 is 0.470 bits per heavy atom. The Morgan fingerprint density at radius 3 is 1.51 bits per heavy atom. The van der Waals surface area contributed by atoms with Crippen molar-refractivity contribution in [2.45, 2.75) is 216 Å². The molecule has 4 aliphatic rings. The van der Waals surface area contributed by atoms with E-state index in [9.17, 15) is 87.2 Å². The molecule has 60 nitrogen and oxygen atoms in total. The predicted molar refractivity (Wildman–Crippen MR) is 535 cm³/mol. The molecule has 3 aromatic rings. The second-order valence-electron chi connectivity index (χ2n) is 33.9. The van der Waals surface area contributed by atoms with Crippen LogP contribution in [0.4, 0.5) is 0 Å². The number of carboxylic acids is 1. The molecule has 0 unspecified atom stereocenters. The first kappa shape index (κ1) is 122. The fourth-order valence-electron chi connectivity index (χ4n) is 14.4. The number of rotatable bonds is 29. The number of nitrogens with one attached hydrogen (secondary N) is 26. The summed E-state index contributed by atoms with van der Waals surface area (Å²) in [6.07, 6.45) is -2.31. The summed E-state index contributed by atoms with van der Waals surface area (Å²) in [4.78, 5) is 357. The van der Waals surface area contributed by atoms with Gasteiger partial charge in [-0.05, 0) is 19.8 Å². The van der Waals surface area contributed by atoms with Crippen LogP contribution >= 0.6 is 43.2 Å². The molecule has 18 atom stereocenters. The molecule has 0 spiro atoms. The zero-order valence-electron chi connectivity index (χ0n) is 80.0. The number of carboxylic acid groups (broad SMARTS) is 1. The fourth-order valence-corrected chi connectivity index (χ4v) is 26.1. The van der Waals surface area contributed by atoms with Crippen LogP contribution in [-0.4, -0.2) is 388 Å². The molecule has 4 saturated heterocycles. The second-order valence-corrected chi connectivity index (χ2v) is 46.5. The van der Waals surface area contributed by atoms with Crippen LogP contribution in [0.2, 0.25) is 10.6 Å². The molecule has 41 N–H and O–H groups in total. The molecule has 0 saturated carbocycles. The van der Waals surface area contributed by atoms with Crippen molar-refractivity contribution in [2.75, 3.05) is 68.9 Å². The normalized spacial score (nSPS) is 25.6. The maximum absolute atomic E-state index is 15.9. The number of aromatic nitrogens is 3. The number of fused-ring (bicyclic) bond motifs is 23. The number of aliphatic hydroxyl groups is 2. The van der Waals surface area contributed by atoms with E-state index in [4.69, 9.17) is 45.2 Å². The molecular formula is C83H123N33O27S4Se2. The number of hydrogen-bond donors (Lipinski definition) is 35. The SMILES string of the molecule is C[C@@H]1NC(=O)[C@H](Cc2c[nH]cn2)NC(=O)[C@H](CC(=O)O)NC(=O)[C@H](CCCNC(=N)N)NC(=O)[C@@H]2C[Se][Se]C[C@H](NC(=O)[C@H](CC(N)=O)NC(=O)[C@@H]3CCC(=O)N3)C(=O)[15NH][13C@H]3[13CH2]SS[13CH2][13C@H]([15NH]C(=O)[C@H](CCCNC(=N)N)NC1=O)[13C](=O)N[C@H](C(N)=O)CSSC[C@H](NC(=O)CNC(=O)CNC(=O)[C@H](CC(N)=O)N[13C]3=O)C(=O)N[C@@H](CO)C(=O)N[C@@H](CO)C(=O)N[C@@H](CCCCN)C(=O)N[C@@H](Cc1c[nH]c3ccccc13)C(=O)N2. The van der Waals surface area contributed by atoms with E-state index < -0.39 is 394 Å². The van der Waals surface area contributed by atoms with Crippen molar-refractivity contribution in [1.29, 1.82) is 10.8 Å². The number of primary amides is 3. The van der Waals surface area contributed by atoms with Gasteiger partial charge in [0.2, 0.25) is 29.5 Å². The molecule has 66 heteroatoms. The van der Waals surface area contributed by atoms with Gasteiger partial charge in [0.15, 0.2) is 5.96 Å². The zero-order valence-corrected chi connectivity index (χ0v) is 86.7. The van der Waals surface area contributed by atoms with E-state index in [0.29, 0.717) is 59.6 Å². The second kappa shape index (κ2) is 62.4. The Kier molecular flexibility index (Phi) is 51.1. The molecular weight excluding hydrogens is 2190 g/mol. The van der Waals surface area contributed by atoms with Gasteiger partial charge in [0.05, 0.1) is 25.2 Å². The molecule has 149 heavy (non-hydrogen) atoms. The first-order valence-corrected chi connectivity index (χ1v) is 58.0. The topological polar surface area (TPSA) is 983 Å². The zero-order chi connectivity index (χ0) is 110. The molecule has 4 fully saturated rings. The van der Waals surface area contributed by atoms with Crippen LogP contribution in [-0.2, 0) is 128 Å². The van der Waals surface area contributed by atoms with Crippen LogP contribution in [0, 0.1) is 10.8 Å². The number of nitrogens with two attached hydrogens (primary N) is 6. The van der Waals surface area contributed by atoms with Gasteiger partial charge in [0.25, 0.3) is 0 Å². The van der Waals surface area contributed by atoms with Crippen LogP contribution in [0.15, 0.2) is 43.0 Å². The van der Waals surface area contributed by atoms with Crippen molar-refractivity contribution in [1.82, 2.24) is 132 Å². The summed E-state index contributed by atoms with van der Waals surface area (Å²) < 4.78 is 0. The van der Waals surface area contributed by atoms with Gasteiger partial charge in [-0.3, -0.25) is 43.8 Å². The Hall–Kier alpha value is -13.9. The number of carbonyl (C=O) groups excluding carboxylic acids is 23. The van der Waals surface area contributed by atoms with Crippen molar-refractivity contribution in [3.8, 4) is 0 Å². The first-order chi connectivity index (χ1) is 70.8. The number of amides is 23. The number of para-hydroxylation sites is 1. The van der Waals surface area contributed by atoms with Crippen LogP contribution in [0.5, 0.6) is 0 Å². The summed E-state index contributed by atoms with van der Waals surface area (Å²) >= 11 is -2.47. The molecule has 1 aromatic carbocycles. The van der Waals surface area contributed by atoms with E-state index in [1.807, 2.05) is 0 Å². The molecule has 0 radical (unpaired) electrons. The summed E-state index contributed by atoms with van der Waals surface area (Å²) in [5.74, 6) is -34.3. The molecule has 0 aliphatic carbocycles. The Bertz CT molecular complexity index is 5350. The third-order valence-electron chi connectivity index (χ3n) is 22.3. The van der Waals surface area contributed by atoms with Crippen molar-refractivity contribution < 1.29 is 130 Å². The number of benzene rings is 1. The molecule has 4 aliphatic heterocycles. The van der Waals surface area contributed by atoms with E-state index in [1.165, 1.54) is 18.7 Å². The molecule has 23 amide bonds. The van der Waals surface area contributed by atoms with Crippen LogP contribution in [0.25, 0.3) is 10.9 Å². The number of aromatic amines is 2. The van der Waals surface area contributed by atoms with Gasteiger partial charge in [-0.2, -0.15) is 0 Å². The van der Waals surface area contributed by atoms with Crippen molar-refractivity contribution in [3.05, 3.63) is 54.2 Å². The molecule has 7 rings (SSSR count). The quantitative estimate of drug-likeness (QED) is 0.00448. The average molecular weight is 2310 g/mol. The minimum absolute atomic E-state index is 0.00264. The van der Waals surface area contributed by atoms with Gasteiger partial charge in [0.1, 0.15) is 30.2 Å². The van der Waals surface area contributed by atoms with Gasteiger partial charge in [-0.1, -0.05) is 21.6 Å². The Labute approximate surface area is 875 Å². The number of aliphatic hydroxyl groups excluding tert-OH is 2. The van der Waals surface area contributed by atoms with Gasteiger partial charge < -0.3 is 64.3 Å². The molecule has 818 valence electrons. The Balaban J connectivity index is 1.54. The molecule has 4 bridgehead atoms. The van der Waals surface area contributed by atoms with Gasteiger partial charge in [-0.25, -0.2) is 4.98 Å². The number of hydrogen-bond acceptors (Lipinski definition) is 34. The van der Waals surface area contributed by atoms with E-state index in [2.05, 4.69) is 132 Å². The number of nitrogens with zero attached hydrogens (tertiary/aromatic N) is 1. The number of H-pyrrole nitrogens is 2. The van der Waals surface area contributed by atoms with E-state index in [-0.39, 0.29) is 70.3 Å². The third kappa shape index (κ3) is 42.0. The van der Waals surface area contributed by atoms with Crippen molar-refractivity contribution in [2.24, 2.45) is 34.4 Å². The van der Waals surface area contributed by atoms with Crippen LogP contribution in [0.1, 0.15) is 95.2 Å². The molecule has 2 aromatic heterocycles.